The summed E-state index contributed by atoms with van der Waals surface area (Å²) in [4.78, 5) is 12.1. The molecule has 2 rings (SSSR count). The molecule has 100 valence electrons. The Labute approximate surface area is 120 Å². The SMILES string of the molecule is Cc1ccc(C(=O)NC(C)Cn2cccn2)cc1Br. The predicted molar refractivity (Wildman–Crippen MR) is 78.0 cm³/mol. The van der Waals surface area contributed by atoms with Crippen molar-refractivity contribution in [1.82, 2.24) is 15.1 Å². The summed E-state index contributed by atoms with van der Waals surface area (Å²) in [7, 11) is 0. The molecule has 1 atom stereocenters. The monoisotopic (exact) mass is 321 g/mol. The Balaban J connectivity index is 1.98. The van der Waals surface area contributed by atoms with Gasteiger partial charge < -0.3 is 5.32 Å². The third-order valence-corrected chi connectivity index (χ3v) is 3.69. The number of halogens is 1. The minimum absolute atomic E-state index is 0.0208. The van der Waals surface area contributed by atoms with E-state index >= 15 is 0 Å². The molecule has 0 saturated heterocycles. The fourth-order valence-corrected chi connectivity index (χ4v) is 2.15. The largest absolute Gasteiger partial charge is 0.348 e. The number of hydrogen-bond acceptors (Lipinski definition) is 2. The highest BCUT2D eigenvalue weighted by atomic mass is 79.9. The van der Waals surface area contributed by atoms with Crippen molar-refractivity contribution in [3.05, 3.63) is 52.3 Å². The molecule has 19 heavy (non-hydrogen) atoms. The van der Waals surface area contributed by atoms with E-state index in [1.54, 1.807) is 10.9 Å². The lowest BCUT2D eigenvalue weighted by Gasteiger charge is -2.14. The van der Waals surface area contributed by atoms with E-state index in [-0.39, 0.29) is 11.9 Å². The molecule has 1 heterocycles. The van der Waals surface area contributed by atoms with Crippen molar-refractivity contribution >= 4 is 21.8 Å². The Bertz CT molecular complexity index is 566. The van der Waals surface area contributed by atoms with Gasteiger partial charge in [-0.15, -0.1) is 0 Å². The maximum atomic E-state index is 12.1. The van der Waals surface area contributed by atoms with Crippen LogP contribution in [0.2, 0.25) is 0 Å². The van der Waals surface area contributed by atoms with Gasteiger partial charge in [0.25, 0.3) is 5.91 Å². The first kappa shape index (κ1) is 13.8. The zero-order valence-electron chi connectivity index (χ0n) is 10.9. The summed E-state index contributed by atoms with van der Waals surface area (Å²) >= 11 is 3.44. The lowest BCUT2D eigenvalue weighted by atomic mass is 10.1. The van der Waals surface area contributed by atoms with Crippen LogP contribution in [0.4, 0.5) is 0 Å². The Morgan fingerprint density at radius 3 is 2.95 bits per heavy atom. The highest BCUT2D eigenvalue weighted by Crippen LogP contribution is 2.17. The van der Waals surface area contributed by atoms with Crippen LogP contribution in [-0.2, 0) is 6.54 Å². The molecule has 1 aromatic carbocycles. The Morgan fingerprint density at radius 1 is 1.53 bits per heavy atom. The summed E-state index contributed by atoms with van der Waals surface area (Å²) in [5.41, 5.74) is 1.77. The van der Waals surface area contributed by atoms with Gasteiger partial charge in [0.2, 0.25) is 0 Å². The Morgan fingerprint density at radius 2 is 2.32 bits per heavy atom. The van der Waals surface area contributed by atoms with Gasteiger partial charge in [-0.2, -0.15) is 5.10 Å². The number of nitrogens with zero attached hydrogens (tertiary/aromatic N) is 2. The van der Waals surface area contributed by atoms with Crippen LogP contribution < -0.4 is 5.32 Å². The molecule has 5 heteroatoms. The summed E-state index contributed by atoms with van der Waals surface area (Å²) in [5, 5.41) is 7.08. The van der Waals surface area contributed by atoms with Gasteiger partial charge in [-0.05, 0) is 37.6 Å². The van der Waals surface area contributed by atoms with Crippen LogP contribution in [-0.4, -0.2) is 21.7 Å². The molecular formula is C14H16BrN3O. The van der Waals surface area contributed by atoms with Gasteiger partial charge in [0, 0.05) is 28.5 Å². The van der Waals surface area contributed by atoms with Crippen LogP contribution in [0.25, 0.3) is 0 Å². The third-order valence-electron chi connectivity index (χ3n) is 2.83. The first-order valence-corrected chi connectivity index (χ1v) is 6.90. The number of hydrogen-bond donors (Lipinski definition) is 1. The zero-order chi connectivity index (χ0) is 13.8. The molecule has 0 saturated carbocycles. The molecule has 0 aliphatic carbocycles. The van der Waals surface area contributed by atoms with Gasteiger partial charge in [-0.3, -0.25) is 9.48 Å². The number of aryl methyl sites for hydroxylation is 1. The average molecular weight is 322 g/mol. The van der Waals surface area contributed by atoms with E-state index in [1.807, 2.05) is 44.3 Å². The molecule has 0 fully saturated rings. The van der Waals surface area contributed by atoms with Crippen LogP contribution >= 0.6 is 15.9 Å². The molecule has 0 bridgehead atoms. The average Bonchev–Trinajstić information content (AvgIpc) is 2.85. The van der Waals surface area contributed by atoms with Crippen molar-refractivity contribution in [1.29, 1.82) is 0 Å². The quantitative estimate of drug-likeness (QED) is 0.941. The second-order valence-electron chi connectivity index (χ2n) is 4.57. The molecule has 1 aromatic heterocycles. The highest BCUT2D eigenvalue weighted by molar-refractivity contribution is 9.10. The van der Waals surface area contributed by atoms with Crippen molar-refractivity contribution < 1.29 is 4.79 Å². The molecule has 1 N–H and O–H groups in total. The molecule has 0 aliphatic heterocycles. The molecule has 0 aliphatic rings. The van der Waals surface area contributed by atoms with E-state index in [9.17, 15) is 4.79 Å². The maximum Gasteiger partial charge on any atom is 0.251 e. The van der Waals surface area contributed by atoms with E-state index in [0.29, 0.717) is 12.1 Å². The number of nitrogens with one attached hydrogen (secondary N) is 1. The second kappa shape index (κ2) is 6.02. The first-order valence-electron chi connectivity index (χ1n) is 6.10. The minimum atomic E-state index is -0.0691. The summed E-state index contributed by atoms with van der Waals surface area (Å²) in [5.74, 6) is -0.0691. The van der Waals surface area contributed by atoms with Gasteiger partial charge in [-0.25, -0.2) is 0 Å². The molecule has 0 radical (unpaired) electrons. The van der Waals surface area contributed by atoms with E-state index < -0.39 is 0 Å². The van der Waals surface area contributed by atoms with Crippen molar-refractivity contribution in [2.24, 2.45) is 0 Å². The van der Waals surface area contributed by atoms with Crippen molar-refractivity contribution in [2.45, 2.75) is 26.4 Å². The van der Waals surface area contributed by atoms with Gasteiger partial charge >= 0.3 is 0 Å². The van der Waals surface area contributed by atoms with Gasteiger partial charge in [0.05, 0.1) is 6.54 Å². The Hall–Kier alpha value is -1.62. The van der Waals surface area contributed by atoms with Crippen LogP contribution in [0.1, 0.15) is 22.8 Å². The molecular weight excluding hydrogens is 306 g/mol. The molecule has 4 nitrogen and oxygen atoms in total. The number of amides is 1. The summed E-state index contributed by atoms with van der Waals surface area (Å²) < 4.78 is 2.75. The number of benzene rings is 1. The van der Waals surface area contributed by atoms with E-state index in [4.69, 9.17) is 0 Å². The minimum Gasteiger partial charge on any atom is -0.348 e. The van der Waals surface area contributed by atoms with Crippen LogP contribution in [0.15, 0.2) is 41.1 Å². The second-order valence-corrected chi connectivity index (χ2v) is 5.42. The lowest BCUT2D eigenvalue weighted by molar-refractivity contribution is 0.0936. The molecule has 2 aromatic rings. The fraction of sp³-hybridized carbons (Fsp3) is 0.286. The lowest BCUT2D eigenvalue weighted by Crippen LogP contribution is -2.35. The fourth-order valence-electron chi connectivity index (χ4n) is 1.78. The van der Waals surface area contributed by atoms with E-state index in [2.05, 4.69) is 26.3 Å². The van der Waals surface area contributed by atoms with Crippen molar-refractivity contribution in [2.75, 3.05) is 0 Å². The molecule has 1 unspecified atom stereocenters. The normalized spacial score (nSPS) is 12.2. The maximum absolute atomic E-state index is 12.1. The molecule has 1 amide bonds. The molecule has 0 spiro atoms. The number of rotatable bonds is 4. The topological polar surface area (TPSA) is 46.9 Å². The summed E-state index contributed by atoms with van der Waals surface area (Å²) in [6.45, 7) is 4.61. The predicted octanol–water partition coefficient (Wildman–Crippen LogP) is 2.77. The van der Waals surface area contributed by atoms with Gasteiger partial charge in [0.15, 0.2) is 0 Å². The van der Waals surface area contributed by atoms with E-state index in [0.717, 1.165) is 10.0 Å². The number of carbonyl (C=O) groups excluding carboxylic acids is 1. The van der Waals surface area contributed by atoms with Crippen molar-refractivity contribution in [3.63, 3.8) is 0 Å². The smallest absolute Gasteiger partial charge is 0.251 e. The Kier molecular flexibility index (Phi) is 4.37. The highest BCUT2D eigenvalue weighted by Gasteiger charge is 2.11. The number of aromatic nitrogens is 2. The number of carbonyl (C=O) groups is 1. The van der Waals surface area contributed by atoms with Gasteiger partial charge in [0.1, 0.15) is 0 Å². The van der Waals surface area contributed by atoms with Crippen LogP contribution in [0, 0.1) is 6.92 Å². The first-order chi connectivity index (χ1) is 9.06. The summed E-state index contributed by atoms with van der Waals surface area (Å²) in [6, 6.07) is 7.48. The third kappa shape index (κ3) is 3.67. The van der Waals surface area contributed by atoms with Gasteiger partial charge in [-0.1, -0.05) is 22.0 Å². The summed E-state index contributed by atoms with van der Waals surface area (Å²) in [6.07, 6.45) is 3.61. The van der Waals surface area contributed by atoms with Crippen LogP contribution in [0.3, 0.4) is 0 Å². The standard InChI is InChI=1S/C14H16BrN3O/c1-10-4-5-12(8-13(10)15)14(19)17-11(2)9-18-7-3-6-16-18/h3-8,11H,9H2,1-2H3,(H,17,19). The zero-order valence-corrected chi connectivity index (χ0v) is 12.5. The van der Waals surface area contributed by atoms with Crippen molar-refractivity contribution in [3.8, 4) is 0 Å². The van der Waals surface area contributed by atoms with E-state index in [1.165, 1.54) is 0 Å². The van der Waals surface area contributed by atoms with Crippen LogP contribution in [0.5, 0.6) is 0 Å².